The number of benzene rings is 1. The summed E-state index contributed by atoms with van der Waals surface area (Å²) in [6.07, 6.45) is 2.74. The lowest BCUT2D eigenvalue weighted by Gasteiger charge is -2.39. The summed E-state index contributed by atoms with van der Waals surface area (Å²) in [4.78, 5) is 0.738. The largest absolute Gasteiger partial charge is 0.254 e. The van der Waals surface area contributed by atoms with Gasteiger partial charge in [-0.1, -0.05) is 38.4 Å². The first-order valence-electron chi connectivity index (χ1n) is 7.38. The summed E-state index contributed by atoms with van der Waals surface area (Å²) in [6, 6.07) is 9.57. The van der Waals surface area contributed by atoms with E-state index in [1.807, 2.05) is 12.1 Å². The molecule has 0 saturated heterocycles. The van der Waals surface area contributed by atoms with Crippen LogP contribution in [0, 0.1) is 28.6 Å². The van der Waals surface area contributed by atoms with Crippen LogP contribution in [0.2, 0.25) is 5.02 Å². The minimum Gasteiger partial charge on any atom is -0.254 e. The molecule has 2 nitrogen and oxygen atoms in total. The lowest BCUT2D eigenvalue weighted by Crippen LogP contribution is -2.37. The van der Waals surface area contributed by atoms with Crippen LogP contribution < -0.4 is 0 Å². The first kappa shape index (κ1) is 16.5. The third-order valence-electron chi connectivity index (χ3n) is 4.49. The van der Waals surface area contributed by atoms with Crippen molar-refractivity contribution in [1.82, 2.24) is 0 Å². The summed E-state index contributed by atoms with van der Waals surface area (Å²) >= 11 is 6.00. The fourth-order valence-electron chi connectivity index (χ4n) is 3.07. The molecular formula is C17H22ClNOS. The van der Waals surface area contributed by atoms with E-state index in [0.717, 1.165) is 24.2 Å². The number of rotatable bonds is 2. The van der Waals surface area contributed by atoms with E-state index < -0.39 is 10.8 Å². The van der Waals surface area contributed by atoms with Gasteiger partial charge < -0.3 is 0 Å². The van der Waals surface area contributed by atoms with E-state index in [9.17, 15) is 9.47 Å². The Morgan fingerprint density at radius 3 is 2.62 bits per heavy atom. The monoisotopic (exact) mass is 323 g/mol. The van der Waals surface area contributed by atoms with Crippen LogP contribution in [0.25, 0.3) is 0 Å². The maximum Gasteiger partial charge on any atom is 0.0668 e. The number of nitriles is 1. The van der Waals surface area contributed by atoms with Crippen LogP contribution in [0.15, 0.2) is 29.2 Å². The average molecular weight is 324 g/mol. The fraction of sp³-hybridized carbons (Fsp3) is 0.588. The number of hydrogen-bond donors (Lipinski definition) is 0. The Balaban J connectivity index is 2.25. The van der Waals surface area contributed by atoms with Gasteiger partial charge in [-0.25, -0.2) is 0 Å². The van der Waals surface area contributed by atoms with Gasteiger partial charge in [0.2, 0.25) is 0 Å². The van der Waals surface area contributed by atoms with Crippen molar-refractivity contribution in [3.8, 4) is 6.07 Å². The minimum atomic E-state index is -1.17. The maximum absolute atomic E-state index is 12.9. The first-order valence-corrected chi connectivity index (χ1v) is 8.98. The zero-order valence-corrected chi connectivity index (χ0v) is 14.4. The average Bonchev–Trinajstić information content (AvgIpc) is 2.44. The van der Waals surface area contributed by atoms with E-state index in [-0.39, 0.29) is 16.6 Å². The molecule has 114 valence electrons. The highest BCUT2D eigenvalue weighted by molar-refractivity contribution is 7.85. The van der Waals surface area contributed by atoms with Crippen LogP contribution >= 0.6 is 11.6 Å². The van der Waals surface area contributed by atoms with Gasteiger partial charge in [0.1, 0.15) is 0 Å². The minimum absolute atomic E-state index is 0.0913. The third-order valence-corrected chi connectivity index (χ3v) is 6.51. The van der Waals surface area contributed by atoms with Crippen molar-refractivity contribution >= 4 is 22.4 Å². The number of nitrogens with zero attached hydrogens (tertiary/aromatic N) is 1. The van der Waals surface area contributed by atoms with Crippen LogP contribution in [0.4, 0.5) is 0 Å². The Bertz CT molecular complexity index is 573. The van der Waals surface area contributed by atoms with Crippen LogP contribution in [0.1, 0.15) is 40.0 Å². The molecule has 4 heteroatoms. The standard InChI is InChI=1S/C17H22ClNOS/c1-17(2,3)13-8-7-12(11-19)16(9-13)21(20)15-6-4-5-14(18)10-15/h4-6,10,12-13,16H,7-9H2,1-3H3. The van der Waals surface area contributed by atoms with Gasteiger partial charge in [0.25, 0.3) is 0 Å². The lowest BCUT2D eigenvalue weighted by molar-refractivity contribution is 0.167. The summed E-state index contributed by atoms with van der Waals surface area (Å²) in [6.45, 7) is 6.68. The Morgan fingerprint density at radius 1 is 1.33 bits per heavy atom. The highest BCUT2D eigenvalue weighted by atomic mass is 35.5. The second-order valence-corrected chi connectivity index (χ2v) is 9.01. The van der Waals surface area contributed by atoms with Crippen LogP contribution in [0.5, 0.6) is 0 Å². The lowest BCUT2D eigenvalue weighted by atomic mass is 9.70. The molecule has 4 atom stereocenters. The molecule has 0 bridgehead atoms. The molecular weight excluding hydrogens is 302 g/mol. The zero-order chi connectivity index (χ0) is 15.6. The molecule has 0 aromatic heterocycles. The van der Waals surface area contributed by atoms with Crippen LogP contribution in [-0.4, -0.2) is 9.46 Å². The highest BCUT2D eigenvalue weighted by Gasteiger charge is 2.39. The molecule has 21 heavy (non-hydrogen) atoms. The zero-order valence-electron chi connectivity index (χ0n) is 12.8. The molecule has 1 aliphatic carbocycles. The summed E-state index contributed by atoms with van der Waals surface area (Å²) in [7, 11) is -1.17. The van der Waals surface area contributed by atoms with Crippen molar-refractivity contribution in [2.24, 2.45) is 17.3 Å². The summed E-state index contributed by atoms with van der Waals surface area (Å²) in [5.41, 5.74) is 0.192. The summed E-state index contributed by atoms with van der Waals surface area (Å²) < 4.78 is 12.9. The van der Waals surface area contributed by atoms with Crippen molar-refractivity contribution in [1.29, 1.82) is 5.26 Å². The van der Waals surface area contributed by atoms with Crippen molar-refractivity contribution < 1.29 is 4.21 Å². The summed E-state index contributed by atoms with van der Waals surface area (Å²) in [5, 5.41) is 9.89. The van der Waals surface area contributed by atoms with Crippen LogP contribution in [0.3, 0.4) is 0 Å². The predicted octanol–water partition coefficient (Wildman–Crippen LogP) is 4.80. The first-order chi connectivity index (χ1) is 9.82. The molecule has 1 fully saturated rings. The van der Waals surface area contributed by atoms with Gasteiger partial charge in [-0.2, -0.15) is 5.26 Å². The maximum atomic E-state index is 12.9. The van der Waals surface area contributed by atoms with Crippen molar-refractivity contribution in [3.05, 3.63) is 29.3 Å². The van der Waals surface area contributed by atoms with E-state index in [1.165, 1.54) is 0 Å². The van der Waals surface area contributed by atoms with E-state index in [4.69, 9.17) is 11.6 Å². The molecule has 0 spiro atoms. The third kappa shape index (κ3) is 3.87. The van der Waals surface area contributed by atoms with Gasteiger partial charge in [-0.05, 0) is 48.8 Å². The molecule has 4 unspecified atom stereocenters. The Labute approximate surface area is 135 Å². The predicted molar refractivity (Wildman–Crippen MR) is 87.5 cm³/mol. The Hall–Kier alpha value is -0.850. The van der Waals surface area contributed by atoms with E-state index in [2.05, 4.69) is 26.8 Å². The Morgan fingerprint density at radius 2 is 2.05 bits per heavy atom. The molecule has 1 saturated carbocycles. The number of hydrogen-bond acceptors (Lipinski definition) is 2. The van der Waals surface area contributed by atoms with Gasteiger partial charge in [0, 0.05) is 9.92 Å². The van der Waals surface area contributed by atoms with E-state index >= 15 is 0 Å². The highest BCUT2D eigenvalue weighted by Crippen LogP contribution is 2.42. The van der Waals surface area contributed by atoms with E-state index in [0.29, 0.717) is 10.9 Å². The van der Waals surface area contributed by atoms with Gasteiger partial charge in [0.05, 0.1) is 28.0 Å². The molecule has 0 aliphatic heterocycles. The second-order valence-electron chi connectivity index (χ2n) is 6.90. The SMILES string of the molecule is CC(C)(C)C1CCC(C#N)C(S(=O)c2cccc(Cl)c2)C1. The smallest absolute Gasteiger partial charge is 0.0668 e. The summed E-state index contributed by atoms with van der Waals surface area (Å²) in [5.74, 6) is 0.388. The van der Waals surface area contributed by atoms with Crippen molar-refractivity contribution in [2.75, 3.05) is 0 Å². The molecule has 1 aromatic carbocycles. The van der Waals surface area contributed by atoms with Crippen molar-refractivity contribution in [3.63, 3.8) is 0 Å². The fourth-order valence-corrected chi connectivity index (χ4v) is 5.03. The van der Waals surface area contributed by atoms with Gasteiger partial charge in [0.15, 0.2) is 0 Å². The molecule has 2 rings (SSSR count). The van der Waals surface area contributed by atoms with Crippen LogP contribution in [-0.2, 0) is 10.8 Å². The molecule has 0 N–H and O–H groups in total. The topological polar surface area (TPSA) is 40.9 Å². The van der Waals surface area contributed by atoms with Crippen molar-refractivity contribution in [2.45, 2.75) is 50.2 Å². The normalized spacial score (nSPS) is 27.9. The quantitative estimate of drug-likeness (QED) is 0.784. The Kier molecular flexibility index (Phi) is 5.11. The molecule has 0 radical (unpaired) electrons. The molecule has 0 heterocycles. The second kappa shape index (κ2) is 6.50. The van der Waals surface area contributed by atoms with Gasteiger partial charge >= 0.3 is 0 Å². The molecule has 1 aromatic rings. The van der Waals surface area contributed by atoms with Gasteiger partial charge in [-0.3, -0.25) is 4.21 Å². The molecule has 1 aliphatic rings. The van der Waals surface area contributed by atoms with Gasteiger partial charge in [-0.15, -0.1) is 0 Å². The van der Waals surface area contributed by atoms with E-state index in [1.54, 1.807) is 12.1 Å². The number of halogens is 1. The molecule has 0 amide bonds.